The Morgan fingerprint density at radius 3 is 3.00 bits per heavy atom. The smallest absolute Gasteiger partial charge is 0.254 e. The Labute approximate surface area is 123 Å². The van der Waals surface area contributed by atoms with Crippen LogP contribution in [0.15, 0.2) is 30.9 Å². The Balaban J connectivity index is 1.87. The lowest BCUT2D eigenvalue weighted by Crippen LogP contribution is -2.40. The number of benzene rings is 1. The van der Waals surface area contributed by atoms with Gasteiger partial charge in [0.1, 0.15) is 12.7 Å². The van der Waals surface area contributed by atoms with Gasteiger partial charge >= 0.3 is 0 Å². The third-order valence-electron chi connectivity index (χ3n) is 4.03. The van der Waals surface area contributed by atoms with Gasteiger partial charge in [-0.05, 0) is 43.5 Å². The molecule has 0 saturated carbocycles. The predicted molar refractivity (Wildman–Crippen MR) is 79.2 cm³/mol. The SMILES string of the molecule is Cc1cc(-n2cncn2)ccc1C(=O)N1CCCC1CN. The van der Waals surface area contributed by atoms with E-state index in [1.165, 1.54) is 6.33 Å². The predicted octanol–water partition coefficient (Wildman–Crippen LogP) is 1.14. The highest BCUT2D eigenvalue weighted by molar-refractivity contribution is 5.96. The molecular formula is C15H19N5O. The summed E-state index contributed by atoms with van der Waals surface area (Å²) in [5.74, 6) is 0.0746. The number of aromatic nitrogens is 3. The number of rotatable bonds is 3. The topological polar surface area (TPSA) is 77.0 Å². The number of nitrogens with two attached hydrogens (primary N) is 1. The van der Waals surface area contributed by atoms with Crippen molar-refractivity contribution in [1.82, 2.24) is 19.7 Å². The molecule has 0 spiro atoms. The van der Waals surface area contributed by atoms with Crippen LogP contribution in [0.5, 0.6) is 0 Å². The molecule has 3 rings (SSSR count). The normalized spacial score (nSPS) is 18.2. The summed E-state index contributed by atoms with van der Waals surface area (Å²) in [6, 6.07) is 5.88. The number of amides is 1. The molecule has 1 saturated heterocycles. The molecule has 21 heavy (non-hydrogen) atoms. The van der Waals surface area contributed by atoms with E-state index in [9.17, 15) is 4.79 Å². The van der Waals surface area contributed by atoms with E-state index >= 15 is 0 Å². The molecular weight excluding hydrogens is 266 g/mol. The molecule has 1 unspecified atom stereocenters. The first-order chi connectivity index (χ1) is 10.2. The third kappa shape index (κ3) is 2.54. The van der Waals surface area contributed by atoms with E-state index in [4.69, 9.17) is 5.73 Å². The van der Waals surface area contributed by atoms with Crippen molar-refractivity contribution in [2.45, 2.75) is 25.8 Å². The molecule has 0 bridgehead atoms. The van der Waals surface area contributed by atoms with Gasteiger partial charge in [0.15, 0.2) is 0 Å². The molecule has 1 aromatic heterocycles. The number of aryl methyl sites for hydroxylation is 1. The van der Waals surface area contributed by atoms with Crippen LogP contribution >= 0.6 is 0 Å². The molecule has 6 heteroatoms. The summed E-state index contributed by atoms with van der Waals surface area (Å²) >= 11 is 0. The van der Waals surface area contributed by atoms with Crippen molar-refractivity contribution in [3.63, 3.8) is 0 Å². The van der Waals surface area contributed by atoms with E-state index < -0.39 is 0 Å². The van der Waals surface area contributed by atoms with Gasteiger partial charge in [0.05, 0.1) is 5.69 Å². The zero-order valence-corrected chi connectivity index (χ0v) is 12.1. The van der Waals surface area contributed by atoms with E-state index in [2.05, 4.69) is 10.1 Å². The van der Waals surface area contributed by atoms with Gasteiger partial charge in [-0.2, -0.15) is 5.10 Å². The average molecular weight is 285 g/mol. The van der Waals surface area contributed by atoms with Crippen LogP contribution in [0.3, 0.4) is 0 Å². The van der Waals surface area contributed by atoms with Gasteiger partial charge < -0.3 is 10.6 Å². The highest BCUT2D eigenvalue weighted by Gasteiger charge is 2.28. The van der Waals surface area contributed by atoms with Gasteiger partial charge in [-0.1, -0.05) is 0 Å². The molecule has 1 aliphatic heterocycles. The maximum atomic E-state index is 12.7. The van der Waals surface area contributed by atoms with E-state index in [1.807, 2.05) is 30.0 Å². The minimum atomic E-state index is 0.0746. The Bertz CT molecular complexity index is 638. The molecule has 2 heterocycles. The summed E-state index contributed by atoms with van der Waals surface area (Å²) in [7, 11) is 0. The van der Waals surface area contributed by atoms with Gasteiger partial charge in [0.2, 0.25) is 0 Å². The van der Waals surface area contributed by atoms with Crippen molar-refractivity contribution >= 4 is 5.91 Å². The van der Waals surface area contributed by atoms with Crippen molar-refractivity contribution in [3.8, 4) is 5.69 Å². The van der Waals surface area contributed by atoms with Crippen LogP contribution in [0.2, 0.25) is 0 Å². The Morgan fingerprint density at radius 1 is 1.48 bits per heavy atom. The monoisotopic (exact) mass is 285 g/mol. The third-order valence-corrected chi connectivity index (χ3v) is 4.03. The van der Waals surface area contributed by atoms with Crippen molar-refractivity contribution < 1.29 is 4.79 Å². The van der Waals surface area contributed by atoms with Gasteiger partial charge in [0.25, 0.3) is 5.91 Å². The van der Waals surface area contributed by atoms with Crippen molar-refractivity contribution in [1.29, 1.82) is 0 Å². The van der Waals surface area contributed by atoms with E-state index in [-0.39, 0.29) is 11.9 Å². The molecule has 1 fully saturated rings. The zero-order chi connectivity index (χ0) is 14.8. The average Bonchev–Trinajstić information content (AvgIpc) is 3.17. The van der Waals surface area contributed by atoms with Gasteiger partial charge in [-0.3, -0.25) is 4.79 Å². The maximum Gasteiger partial charge on any atom is 0.254 e. The number of likely N-dealkylation sites (tertiary alicyclic amines) is 1. The highest BCUT2D eigenvalue weighted by Crippen LogP contribution is 2.22. The Morgan fingerprint density at radius 2 is 2.33 bits per heavy atom. The van der Waals surface area contributed by atoms with E-state index in [0.717, 1.165) is 36.2 Å². The number of carbonyl (C=O) groups excluding carboxylic acids is 1. The lowest BCUT2D eigenvalue weighted by Gasteiger charge is -2.24. The minimum absolute atomic E-state index is 0.0746. The molecule has 2 aromatic rings. The van der Waals surface area contributed by atoms with E-state index in [1.54, 1.807) is 11.0 Å². The van der Waals surface area contributed by atoms with Crippen molar-refractivity contribution in [2.24, 2.45) is 5.73 Å². The summed E-state index contributed by atoms with van der Waals surface area (Å²) in [4.78, 5) is 18.5. The second kappa shape index (κ2) is 5.65. The maximum absolute atomic E-state index is 12.7. The molecule has 110 valence electrons. The van der Waals surface area contributed by atoms with Crippen LogP contribution in [0.4, 0.5) is 0 Å². The second-order valence-electron chi connectivity index (χ2n) is 5.37. The van der Waals surface area contributed by atoms with Gasteiger partial charge in [-0.15, -0.1) is 0 Å². The Kier molecular flexibility index (Phi) is 3.70. The molecule has 2 N–H and O–H groups in total. The summed E-state index contributed by atoms with van der Waals surface area (Å²) in [5, 5.41) is 4.10. The molecule has 0 radical (unpaired) electrons. The fourth-order valence-corrected chi connectivity index (χ4v) is 2.87. The van der Waals surface area contributed by atoms with Crippen LogP contribution in [-0.2, 0) is 0 Å². The van der Waals surface area contributed by atoms with Crippen LogP contribution in [-0.4, -0.2) is 44.7 Å². The van der Waals surface area contributed by atoms with Crippen molar-refractivity contribution in [2.75, 3.05) is 13.1 Å². The van der Waals surface area contributed by atoms with Crippen LogP contribution in [0.25, 0.3) is 5.69 Å². The van der Waals surface area contributed by atoms with Gasteiger partial charge in [-0.25, -0.2) is 9.67 Å². The molecule has 1 amide bonds. The molecule has 0 aliphatic carbocycles. The molecule has 6 nitrogen and oxygen atoms in total. The summed E-state index contributed by atoms with van der Waals surface area (Å²) < 4.78 is 1.68. The largest absolute Gasteiger partial charge is 0.334 e. The Hall–Kier alpha value is -2.21. The number of hydrogen-bond acceptors (Lipinski definition) is 4. The number of nitrogens with zero attached hydrogens (tertiary/aromatic N) is 4. The quantitative estimate of drug-likeness (QED) is 0.917. The first-order valence-electron chi connectivity index (χ1n) is 7.17. The lowest BCUT2D eigenvalue weighted by molar-refractivity contribution is 0.0740. The lowest BCUT2D eigenvalue weighted by atomic mass is 10.1. The summed E-state index contributed by atoms with van der Waals surface area (Å²) in [6.45, 7) is 3.27. The number of carbonyl (C=O) groups is 1. The minimum Gasteiger partial charge on any atom is -0.334 e. The van der Waals surface area contributed by atoms with Crippen LogP contribution in [0, 0.1) is 6.92 Å². The van der Waals surface area contributed by atoms with Gasteiger partial charge in [0, 0.05) is 24.7 Å². The van der Waals surface area contributed by atoms with E-state index in [0.29, 0.717) is 6.54 Å². The molecule has 1 aromatic carbocycles. The zero-order valence-electron chi connectivity index (χ0n) is 12.1. The fourth-order valence-electron chi connectivity index (χ4n) is 2.87. The van der Waals surface area contributed by atoms with Crippen LogP contribution in [0.1, 0.15) is 28.8 Å². The summed E-state index contributed by atoms with van der Waals surface area (Å²) in [6.07, 6.45) is 5.16. The molecule has 1 atom stereocenters. The van der Waals surface area contributed by atoms with Crippen LogP contribution < -0.4 is 5.73 Å². The first kappa shape index (κ1) is 13.8. The summed E-state index contributed by atoms with van der Waals surface area (Å²) in [5.41, 5.74) is 8.33. The second-order valence-corrected chi connectivity index (χ2v) is 5.37. The number of hydrogen-bond donors (Lipinski definition) is 1. The standard InChI is InChI=1S/C15H19N5O/c1-11-7-12(20-10-17-9-18-20)4-5-14(11)15(21)19-6-2-3-13(19)8-16/h4-5,7,9-10,13H,2-3,6,8,16H2,1H3. The van der Waals surface area contributed by atoms with Crippen molar-refractivity contribution in [3.05, 3.63) is 42.0 Å². The fraction of sp³-hybridized carbons (Fsp3) is 0.400. The highest BCUT2D eigenvalue weighted by atomic mass is 16.2. The molecule has 1 aliphatic rings. The first-order valence-corrected chi connectivity index (χ1v) is 7.17.